The number of halogens is 3. The zero-order chi connectivity index (χ0) is 26.2. The van der Waals surface area contributed by atoms with E-state index in [9.17, 15) is 27.9 Å². The Bertz CT molecular complexity index is 855. The fourth-order valence-corrected chi connectivity index (χ4v) is 4.86. The minimum absolute atomic E-state index is 0.0499. The Morgan fingerprint density at radius 2 is 1.89 bits per heavy atom. The van der Waals surface area contributed by atoms with Gasteiger partial charge in [-0.2, -0.15) is 13.2 Å². The van der Waals surface area contributed by atoms with Crippen molar-refractivity contribution in [1.29, 1.82) is 0 Å². The van der Waals surface area contributed by atoms with Crippen molar-refractivity contribution in [3.63, 3.8) is 0 Å². The molecule has 1 aliphatic rings. The lowest BCUT2D eigenvalue weighted by molar-refractivity contribution is -0.137. The number of imide groups is 1. The lowest BCUT2D eigenvalue weighted by Gasteiger charge is -2.45. The van der Waals surface area contributed by atoms with E-state index in [1.165, 1.54) is 0 Å². The van der Waals surface area contributed by atoms with Crippen LogP contribution >= 0.6 is 0 Å². The number of amides is 3. The first-order valence-electron chi connectivity index (χ1n) is 12.1. The van der Waals surface area contributed by atoms with E-state index in [1.54, 1.807) is 7.11 Å². The molecule has 35 heavy (non-hydrogen) atoms. The van der Waals surface area contributed by atoms with Gasteiger partial charge in [0.2, 0.25) is 5.91 Å². The number of nitrogens with zero attached hydrogens (tertiary/aromatic N) is 1. The number of nitrogens with two attached hydrogens (primary N) is 1. The fraction of sp³-hybridized carbons (Fsp3) is 0.680. The van der Waals surface area contributed by atoms with Crippen molar-refractivity contribution < 1.29 is 32.6 Å². The summed E-state index contributed by atoms with van der Waals surface area (Å²) in [5.41, 5.74) is 6.12. The van der Waals surface area contributed by atoms with E-state index in [4.69, 9.17) is 10.5 Å². The Balaban J connectivity index is 2.04. The largest absolute Gasteiger partial charge is 0.497 e. The number of benzene rings is 1. The summed E-state index contributed by atoms with van der Waals surface area (Å²) in [5.74, 6) is -0.125. The third-order valence-corrected chi connectivity index (χ3v) is 7.15. The highest BCUT2D eigenvalue weighted by Crippen LogP contribution is 2.37. The SMILES string of the molecule is COc1ccc(C)c(CCCN(CCCC(F)(F)F)C(C)C2(O)CCC(C(=O)NC(N)=O)CC2)c1. The van der Waals surface area contributed by atoms with Crippen LogP contribution in [0.3, 0.4) is 0 Å². The van der Waals surface area contributed by atoms with Gasteiger partial charge in [0.25, 0.3) is 0 Å². The van der Waals surface area contributed by atoms with E-state index >= 15 is 0 Å². The van der Waals surface area contributed by atoms with Crippen LogP contribution in [0.2, 0.25) is 0 Å². The first kappa shape index (κ1) is 28.9. The van der Waals surface area contributed by atoms with Crippen molar-refractivity contribution in [3.05, 3.63) is 29.3 Å². The number of alkyl halides is 3. The highest BCUT2D eigenvalue weighted by Gasteiger charge is 2.42. The molecule has 7 nitrogen and oxygen atoms in total. The van der Waals surface area contributed by atoms with Crippen LogP contribution in [0.4, 0.5) is 18.0 Å². The molecule has 0 aliphatic heterocycles. The molecule has 0 heterocycles. The van der Waals surface area contributed by atoms with Crippen LogP contribution < -0.4 is 15.8 Å². The molecule has 1 aromatic carbocycles. The number of nitrogens with one attached hydrogen (secondary N) is 1. The maximum absolute atomic E-state index is 12.8. The van der Waals surface area contributed by atoms with Gasteiger partial charge < -0.3 is 15.6 Å². The second-order valence-corrected chi connectivity index (χ2v) is 9.56. The zero-order valence-electron chi connectivity index (χ0n) is 20.8. The van der Waals surface area contributed by atoms with Crippen molar-refractivity contribution >= 4 is 11.9 Å². The molecule has 3 amide bonds. The number of carbonyl (C=O) groups excluding carboxylic acids is 2. The molecule has 1 atom stereocenters. The predicted octanol–water partition coefficient (Wildman–Crippen LogP) is 4.09. The number of methoxy groups -OCH3 is 1. The quantitative estimate of drug-likeness (QED) is 0.424. The monoisotopic (exact) mass is 501 g/mol. The first-order chi connectivity index (χ1) is 16.3. The molecular weight excluding hydrogens is 463 g/mol. The predicted molar refractivity (Wildman–Crippen MR) is 127 cm³/mol. The first-order valence-corrected chi connectivity index (χ1v) is 12.1. The third-order valence-electron chi connectivity index (χ3n) is 7.15. The summed E-state index contributed by atoms with van der Waals surface area (Å²) in [4.78, 5) is 25.0. The zero-order valence-corrected chi connectivity index (χ0v) is 20.8. The second-order valence-electron chi connectivity index (χ2n) is 9.56. The van der Waals surface area contributed by atoms with Crippen LogP contribution in [-0.4, -0.2) is 60.0 Å². The standard InChI is InChI=1S/C25H38F3N3O4/c1-17-7-8-21(35-3)16-20(17)6-4-14-31(15-5-11-25(26,27)28)18(2)24(34)12-9-19(10-13-24)22(32)30-23(29)33/h7-8,16,18-19,34H,4-6,9-15H2,1-3H3,(H3,29,30,32,33). The molecule has 1 aliphatic carbocycles. The molecule has 10 heteroatoms. The molecule has 0 bridgehead atoms. The van der Waals surface area contributed by atoms with Gasteiger partial charge in [-0.05, 0) is 95.1 Å². The van der Waals surface area contributed by atoms with Gasteiger partial charge in [-0.25, -0.2) is 4.79 Å². The Morgan fingerprint density at radius 3 is 2.46 bits per heavy atom. The molecule has 198 valence electrons. The number of hydrogen-bond acceptors (Lipinski definition) is 5. The fourth-order valence-electron chi connectivity index (χ4n) is 4.86. The number of aryl methyl sites for hydroxylation is 2. The number of urea groups is 1. The second kappa shape index (κ2) is 12.6. The summed E-state index contributed by atoms with van der Waals surface area (Å²) in [6.07, 6.45) is -2.33. The van der Waals surface area contributed by atoms with Crippen LogP contribution in [0.5, 0.6) is 5.75 Å². The molecule has 0 saturated heterocycles. The van der Waals surface area contributed by atoms with Crippen LogP contribution in [0.15, 0.2) is 18.2 Å². The average molecular weight is 502 g/mol. The molecule has 1 saturated carbocycles. The summed E-state index contributed by atoms with van der Waals surface area (Å²) in [6.45, 7) is 4.59. The Labute approximate surface area is 205 Å². The van der Waals surface area contributed by atoms with Crippen molar-refractivity contribution in [3.8, 4) is 5.75 Å². The lowest BCUT2D eigenvalue weighted by Crippen LogP contribution is -2.54. The summed E-state index contributed by atoms with van der Waals surface area (Å²) in [7, 11) is 1.60. The Morgan fingerprint density at radius 1 is 1.26 bits per heavy atom. The highest BCUT2D eigenvalue weighted by atomic mass is 19.4. The third kappa shape index (κ3) is 9.00. The number of ether oxygens (including phenoxy) is 1. The molecule has 1 unspecified atom stereocenters. The van der Waals surface area contributed by atoms with Gasteiger partial charge in [0.05, 0.1) is 12.7 Å². The molecule has 4 N–H and O–H groups in total. The van der Waals surface area contributed by atoms with Crippen LogP contribution in [0.1, 0.15) is 63.0 Å². The number of aliphatic hydroxyl groups is 1. The van der Waals surface area contributed by atoms with E-state index in [0.717, 1.165) is 23.3 Å². The molecule has 2 rings (SSSR count). The van der Waals surface area contributed by atoms with Gasteiger partial charge in [0.1, 0.15) is 5.75 Å². The van der Waals surface area contributed by atoms with Gasteiger partial charge in [-0.3, -0.25) is 15.0 Å². The molecule has 0 aromatic heterocycles. The molecule has 0 spiro atoms. The lowest BCUT2D eigenvalue weighted by atomic mass is 9.74. The summed E-state index contributed by atoms with van der Waals surface area (Å²) in [5, 5.41) is 13.5. The number of carbonyl (C=O) groups is 2. The van der Waals surface area contributed by atoms with E-state index in [0.29, 0.717) is 38.6 Å². The molecule has 0 radical (unpaired) electrons. The summed E-state index contributed by atoms with van der Waals surface area (Å²) in [6, 6.07) is 4.54. The topological polar surface area (TPSA) is 105 Å². The van der Waals surface area contributed by atoms with E-state index < -0.39 is 36.1 Å². The number of primary amides is 1. The summed E-state index contributed by atoms with van der Waals surface area (Å²) < 4.78 is 43.7. The van der Waals surface area contributed by atoms with Gasteiger partial charge >= 0.3 is 12.2 Å². The maximum Gasteiger partial charge on any atom is 0.389 e. The van der Waals surface area contributed by atoms with E-state index in [2.05, 4.69) is 5.32 Å². The van der Waals surface area contributed by atoms with Gasteiger partial charge in [-0.15, -0.1) is 0 Å². The van der Waals surface area contributed by atoms with Crippen molar-refractivity contribution in [2.24, 2.45) is 11.7 Å². The minimum Gasteiger partial charge on any atom is -0.497 e. The maximum atomic E-state index is 12.8. The van der Waals surface area contributed by atoms with Crippen molar-refractivity contribution in [2.75, 3.05) is 20.2 Å². The number of rotatable bonds is 11. The van der Waals surface area contributed by atoms with Gasteiger partial charge in [0, 0.05) is 18.4 Å². The average Bonchev–Trinajstić information content (AvgIpc) is 2.78. The van der Waals surface area contributed by atoms with E-state index in [1.807, 2.05) is 36.9 Å². The van der Waals surface area contributed by atoms with Gasteiger partial charge in [-0.1, -0.05) is 6.07 Å². The van der Waals surface area contributed by atoms with Crippen molar-refractivity contribution in [2.45, 2.75) is 83.0 Å². The van der Waals surface area contributed by atoms with Crippen molar-refractivity contribution in [1.82, 2.24) is 10.2 Å². The molecular formula is C25H38F3N3O4. The smallest absolute Gasteiger partial charge is 0.389 e. The van der Waals surface area contributed by atoms with E-state index in [-0.39, 0.29) is 19.0 Å². The van der Waals surface area contributed by atoms with Gasteiger partial charge in [0.15, 0.2) is 0 Å². The Hall–Kier alpha value is -2.33. The summed E-state index contributed by atoms with van der Waals surface area (Å²) >= 11 is 0. The van der Waals surface area contributed by atoms with Crippen LogP contribution in [-0.2, 0) is 11.2 Å². The normalized spacial score (nSPS) is 21.5. The highest BCUT2D eigenvalue weighted by molar-refractivity contribution is 5.94. The Kier molecular flexibility index (Phi) is 10.4. The molecule has 1 fully saturated rings. The van der Waals surface area contributed by atoms with Crippen LogP contribution in [0, 0.1) is 12.8 Å². The van der Waals surface area contributed by atoms with Crippen LogP contribution in [0.25, 0.3) is 0 Å². The number of hydrogen-bond donors (Lipinski definition) is 3. The minimum atomic E-state index is -4.23. The molecule has 1 aromatic rings.